The summed E-state index contributed by atoms with van der Waals surface area (Å²) < 4.78 is 16.3. The lowest BCUT2D eigenvalue weighted by atomic mass is 10.1. The van der Waals surface area contributed by atoms with Crippen LogP contribution in [-0.2, 0) is 0 Å². The maximum absolute atomic E-state index is 11.5. The number of piperazine rings is 1. The second-order valence-electron chi connectivity index (χ2n) is 7.53. The molecule has 0 aliphatic carbocycles. The van der Waals surface area contributed by atoms with E-state index in [4.69, 9.17) is 14.2 Å². The highest BCUT2D eigenvalue weighted by Crippen LogP contribution is 2.28. The van der Waals surface area contributed by atoms with Gasteiger partial charge in [-0.15, -0.1) is 0 Å². The molecule has 0 aromatic heterocycles. The molecule has 1 fully saturated rings. The lowest BCUT2D eigenvalue weighted by Gasteiger charge is -2.34. The lowest BCUT2D eigenvalue weighted by molar-refractivity contribution is -0.903. The maximum atomic E-state index is 11.5. The smallest absolute Gasteiger partial charge is 0.161 e. The van der Waals surface area contributed by atoms with Gasteiger partial charge in [-0.3, -0.25) is 4.79 Å². The van der Waals surface area contributed by atoms with E-state index in [1.807, 2.05) is 12.1 Å². The number of quaternary nitrogens is 1. The number of hydrogen-bond donors (Lipinski definition) is 2. The Morgan fingerprint density at radius 1 is 1.07 bits per heavy atom. The van der Waals surface area contributed by atoms with E-state index in [0.29, 0.717) is 23.6 Å². The number of hydrogen-bond acceptors (Lipinski definition) is 6. The van der Waals surface area contributed by atoms with Gasteiger partial charge in [0.05, 0.1) is 40.4 Å². The molecule has 3 rings (SSSR count). The summed E-state index contributed by atoms with van der Waals surface area (Å²) in [6.07, 6.45) is -0.579. The van der Waals surface area contributed by atoms with Gasteiger partial charge in [-0.25, -0.2) is 0 Å². The van der Waals surface area contributed by atoms with Gasteiger partial charge in [-0.2, -0.15) is 0 Å². The highest BCUT2D eigenvalue weighted by Gasteiger charge is 2.23. The summed E-state index contributed by atoms with van der Waals surface area (Å²) in [6.45, 7) is 6.12. The molecule has 1 aliphatic heterocycles. The number of aliphatic hydroxyl groups is 1. The Bertz CT molecular complexity index is 832. The molecular formula is C23H31N2O5+. The zero-order chi connectivity index (χ0) is 21.5. The van der Waals surface area contributed by atoms with E-state index in [-0.39, 0.29) is 12.4 Å². The van der Waals surface area contributed by atoms with Crippen LogP contribution in [0.5, 0.6) is 17.2 Å². The van der Waals surface area contributed by atoms with Crippen LogP contribution in [0.2, 0.25) is 0 Å². The monoisotopic (exact) mass is 415 g/mol. The van der Waals surface area contributed by atoms with Crippen molar-refractivity contribution in [2.75, 3.05) is 58.5 Å². The van der Waals surface area contributed by atoms with Crippen LogP contribution in [0.15, 0.2) is 42.5 Å². The van der Waals surface area contributed by atoms with Gasteiger partial charge in [-0.05, 0) is 49.4 Å². The fraction of sp³-hybridized carbons (Fsp3) is 0.435. The largest absolute Gasteiger partial charge is 0.497 e. The molecule has 0 unspecified atom stereocenters. The van der Waals surface area contributed by atoms with E-state index in [2.05, 4.69) is 17.0 Å². The number of methoxy groups -OCH3 is 2. The van der Waals surface area contributed by atoms with E-state index in [9.17, 15) is 9.90 Å². The summed E-state index contributed by atoms with van der Waals surface area (Å²) in [4.78, 5) is 15.2. The van der Waals surface area contributed by atoms with Gasteiger partial charge in [0, 0.05) is 11.3 Å². The van der Waals surface area contributed by atoms with Gasteiger partial charge in [-0.1, -0.05) is 0 Å². The Labute approximate surface area is 177 Å². The summed E-state index contributed by atoms with van der Waals surface area (Å²) >= 11 is 0. The highest BCUT2D eigenvalue weighted by atomic mass is 16.5. The van der Waals surface area contributed by atoms with Crippen LogP contribution in [0, 0.1) is 0 Å². The number of aliphatic hydroxyl groups excluding tert-OH is 1. The normalized spacial score (nSPS) is 15.5. The van der Waals surface area contributed by atoms with Crippen LogP contribution in [0.25, 0.3) is 0 Å². The predicted molar refractivity (Wildman–Crippen MR) is 115 cm³/mol. The Kier molecular flexibility index (Phi) is 7.54. The van der Waals surface area contributed by atoms with Crippen molar-refractivity contribution in [1.82, 2.24) is 0 Å². The van der Waals surface area contributed by atoms with Crippen LogP contribution in [-0.4, -0.2) is 70.5 Å². The molecule has 162 valence electrons. The Morgan fingerprint density at radius 3 is 2.37 bits per heavy atom. The first-order valence-corrected chi connectivity index (χ1v) is 10.2. The van der Waals surface area contributed by atoms with Crippen LogP contribution >= 0.6 is 0 Å². The summed E-state index contributed by atoms with van der Waals surface area (Å²) in [5.41, 5.74) is 1.76. The van der Waals surface area contributed by atoms with Crippen LogP contribution in [0.4, 0.5) is 5.69 Å². The molecule has 0 amide bonds. The highest BCUT2D eigenvalue weighted by molar-refractivity contribution is 5.94. The standard InChI is InChI=1S/C23H30N2O5/c1-17(26)18-4-9-22(23(14-18)29-3)30-16-20(27)15-24-10-12-25(13-11-24)19-5-7-21(28-2)8-6-19/h4-9,14,20,27H,10-13,15-16H2,1-3H3/p+1/t20-/m0/s1. The van der Waals surface area contributed by atoms with Gasteiger partial charge in [0.15, 0.2) is 17.3 Å². The topological polar surface area (TPSA) is 72.7 Å². The lowest BCUT2D eigenvalue weighted by Crippen LogP contribution is -3.16. The average Bonchev–Trinajstić information content (AvgIpc) is 2.78. The molecule has 7 heteroatoms. The van der Waals surface area contributed by atoms with Gasteiger partial charge < -0.3 is 29.1 Å². The summed E-state index contributed by atoms with van der Waals surface area (Å²) in [6, 6.07) is 13.2. The molecule has 30 heavy (non-hydrogen) atoms. The molecule has 1 heterocycles. The summed E-state index contributed by atoms with van der Waals surface area (Å²) in [7, 11) is 3.21. The van der Waals surface area contributed by atoms with E-state index in [0.717, 1.165) is 31.9 Å². The quantitative estimate of drug-likeness (QED) is 0.597. The number of carbonyl (C=O) groups excluding carboxylic acids is 1. The van der Waals surface area contributed by atoms with E-state index in [1.54, 1.807) is 25.3 Å². The minimum absolute atomic E-state index is 0.0303. The van der Waals surface area contributed by atoms with E-state index in [1.165, 1.54) is 24.6 Å². The van der Waals surface area contributed by atoms with Crippen LogP contribution < -0.4 is 24.0 Å². The number of nitrogens with zero attached hydrogens (tertiary/aromatic N) is 1. The van der Waals surface area contributed by atoms with Crippen molar-refractivity contribution in [1.29, 1.82) is 0 Å². The van der Waals surface area contributed by atoms with Crippen molar-refractivity contribution in [3.63, 3.8) is 0 Å². The molecule has 2 aromatic carbocycles. The molecule has 0 saturated carbocycles. The van der Waals surface area contributed by atoms with Crippen molar-refractivity contribution >= 4 is 11.5 Å². The molecule has 0 bridgehead atoms. The maximum Gasteiger partial charge on any atom is 0.161 e. The number of ketones is 1. The van der Waals surface area contributed by atoms with E-state index >= 15 is 0 Å². The number of carbonyl (C=O) groups is 1. The first-order valence-electron chi connectivity index (χ1n) is 10.2. The second-order valence-corrected chi connectivity index (χ2v) is 7.53. The van der Waals surface area contributed by atoms with Gasteiger partial charge >= 0.3 is 0 Å². The van der Waals surface area contributed by atoms with Crippen LogP contribution in [0.1, 0.15) is 17.3 Å². The molecule has 2 N–H and O–H groups in total. The first-order chi connectivity index (χ1) is 14.5. The molecule has 0 radical (unpaired) electrons. The fourth-order valence-corrected chi connectivity index (χ4v) is 3.66. The third kappa shape index (κ3) is 5.64. The zero-order valence-corrected chi connectivity index (χ0v) is 17.9. The SMILES string of the molecule is COc1ccc(N2CC[NH+](C[C@H](O)COc3ccc(C(C)=O)cc3OC)CC2)cc1. The predicted octanol–water partition coefficient (Wildman–Crippen LogP) is 1.05. The molecular weight excluding hydrogens is 384 g/mol. The number of nitrogens with one attached hydrogen (secondary N) is 1. The van der Waals surface area contributed by atoms with E-state index < -0.39 is 6.10 Å². The van der Waals surface area contributed by atoms with Gasteiger partial charge in [0.1, 0.15) is 25.0 Å². The van der Waals surface area contributed by atoms with Gasteiger partial charge in [0.25, 0.3) is 0 Å². The minimum atomic E-state index is -0.579. The van der Waals surface area contributed by atoms with Gasteiger partial charge in [0.2, 0.25) is 0 Å². The Balaban J connectivity index is 1.46. The molecule has 1 atom stereocenters. The number of rotatable bonds is 9. The minimum Gasteiger partial charge on any atom is -0.497 e. The molecule has 0 spiro atoms. The second kappa shape index (κ2) is 10.3. The van der Waals surface area contributed by atoms with Crippen molar-refractivity contribution in [3.8, 4) is 17.2 Å². The molecule has 2 aromatic rings. The van der Waals surface area contributed by atoms with Crippen molar-refractivity contribution in [3.05, 3.63) is 48.0 Å². The third-order valence-corrected chi connectivity index (χ3v) is 5.43. The number of Topliss-reactive ketones (excluding diaryl/α,β-unsaturated/α-hetero) is 1. The third-order valence-electron chi connectivity index (χ3n) is 5.43. The van der Waals surface area contributed by atoms with Crippen molar-refractivity contribution in [2.45, 2.75) is 13.0 Å². The molecule has 7 nitrogen and oxygen atoms in total. The van der Waals surface area contributed by atoms with Crippen molar-refractivity contribution < 1.29 is 29.0 Å². The van der Waals surface area contributed by atoms with Crippen molar-refractivity contribution in [2.24, 2.45) is 0 Å². The average molecular weight is 416 g/mol. The Morgan fingerprint density at radius 2 is 1.77 bits per heavy atom. The molecule has 1 saturated heterocycles. The zero-order valence-electron chi connectivity index (χ0n) is 17.9. The molecule has 1 aliphatic rings. The number of benzene rings is 2. The number of ether oxygens (including phenoxy) is 3. The first kappa shape index (κ1) is 21.9. The summed E-state index contributed by atoms with van der Waals surface area (Å²) in [5.74, 6) is 1.85. The number of anilines is 1. The fourth-order valence-electron chi connectivity index (χ4n) is 3.66. The summed E-state index contributed by atoms with van der Waals surface area (Å²) in [5, 5.41) is 10.4. The Hall–Kier alpha value is -2.77. The van der Waals surface area contributed by atoms with Crippen LogP contribution in [0.3, 0.4) is 0 Å².